The van der Waals surface area contributed by atoms with Crippen molar-refractivity contribution in [1.82, 2.24) is 0 Å². The summed E-state index contributed by atoms with van der Waals surface area (Å²) in [5, 5.41) is 11.4. The van der Waals surface area contributed by atoms with Crippen LogP contribution in [0.25, 0.3) is 43.1 Å². The van der Waals surface area contributed by atoms with Crippen LogP contribution in [0, 0.1) is 0 Å². The molecule has 0 spiro atoms. The molecule has 0 fully saturated rings. The predicted octanol–water partition coefficient (Wildman–Crippen LogP) is 10.3. The Kier molecular flexibility index (Phi) is 5.39. The Morgan fingerprint density at radius 2 is 0.970 bits per heavy atom. The van der Waals surface area contributed by atoms with Gasteiger partial charge in [0.1, 0.15) is 0 Å². The second-order valence-electron chi connectivity index (χ2n) is 11.1. The third kappa shape index (κ3) is 3.25. The SMILES string of the molecule is CCCC(C)(C)c1ccc2c3cccc4c(C(C)(CC)CCC)ccc(c5cccc1c25)c43. The number of benzene rings is 5. The largest absolute Gasteiger partial charge is 0.0654 e. The molecule has 0 aromatic heterocycles. The maximum Gasteiger partial charge on any atom is -0.00234 e. The molecule has 0 saturated heterocycles. The van der Waals surface area contributed by atoms with E-state index in [2.05, 4.69) is 102 Å². The third-order valence-corrected chi connectivity index (χ3v) is 8.50. The van der Waals surface area contributed by atoms with Gasteiger partial charge >= 0.3 is 0 Å². The van der Waals surface area contributed by atoms with E-state index in [0.29, 0.717) is 0 Å². The van der Waals surface area contributed by atoms with E-state index < -0.39 is 0 Å². The minimum Gasteiger partial charge on any atom is -0.0654 e. The molecule has 1 atom stereocenters. The van der Waals surface area contributed by atoms with Gasteiger partial charge in [-0.05, 0) is 84.3 Å². The first kappa shape index (κ1) is 22.2. The minimum atomic E-state index is 0.172. The Morgan fingerprint density at radius 3 is 1.48 bits per heavy atom. The molecule has 0 nitrogen and oxygen atoms in total. The molecule has 5 rings (SSSR count). The van der Waals surface area contributed by atoms with Gasteiger partial charge in [0.15, 0.2) is 0 Å². The number of hydrogen-bond donors (Lipinski definition) is 0. The molecule has 0 aliphatic heterocycles. The summed E-state index contributed by atoms with van der Waals surface area (Å²) in [6.07, 6.45) is 6.01. The number of hydrogen-bond acceptors (Lipinski definition) is 0. The maximum atomic E-state index is 2.46. The van der Waals surface area contributed by atoms with E-state index in [0.717, 1.165) is 0 Å². The molecule has 0 saturated carbocycles. The summed E-state index contributed by atoms with van der Waals surface area (Å²) >= 11 is 0. The normalized spacial score (nSPS) is 14.6. The molecular formula is C33H38. The first-order chi connectivity index (χ1) is 15.9. The van der Waals surface area contributed by atoms with Crippen molar-refractivity contribution >= 4 is 43.1 Å². The Hall–Kier alpha value is -2.60. The van der Waals surface area contributed by atoms with Crippen molar-refractivity contribution in [2.75, 3.05) is 0 Å². The molecule has 0 heterocycles. The second kappa shape index (κ2) is 8.01. The van der Waals surface area contributed by atoms with Crippen LogP contribution in [-0.4, -0.2) is 0 Å². The topological polar surface area (TPSA) is 0 Å². The predicted molar refractivity (Wildman–Crippen MR) is 148 cm³/mol. The number of rotatable bonds is 7. The Bertz CT molecular complexity index is 1430. The molecule has 1 unspecified atom stereocenters. The van der Waals surface area contributed by atoms with E-state index in [1.54, 1.807) is 0 Å². The van der Waals surface area contributed by atoms with Crippen LogP contribution in [0.15, 0.2) is 60.7 Å². The van der Waals surface area contributed by atoms with Crippen LogP contribution >= 0.6 is 0 Å². The van der Waals surface area contributed by atoms with Crippen LogP contribution in [0.3, 0.4) is 0 Å². The Morgan fingerprint density at radius 1 is 0.515 bits per heavy atom. The molecule has 0 bridgehead atoms. The molecular weight excluding hydrogens is 396 g/mol. The molecule has 5 aromatic rings. The molecule has 0 radical (unpaired) electrons. The van der Waals surface area contributed by atoms with Crippen LogP contribution in [-0.2, 0) is 10.8 Å². The third-order valence-electron chi connectivity index (χ3n) is 8.50. The van der Waals surface area contributed by atoms with E-state index in [1.807, 2.05) is 0 Å². The van der Waals surface area contributed by atoms with Gasteiger partial charge in [-0.2, -0.15) is 0 Å². The average Bonchev–Trinajstić information content (AvgIpc) is 2.81. The van der Waals surface area contributed by atoms with Gasteiger partial charge in [0, 0.05) is 0 Å². The standard InChI is InChI=1S/C33H38/c1-7-20-32(4,5)28-18-16-24-23-13-11-15-27-29(33(6,9-3)21-8-2)19-17-25(31(23)27)22-12-10-14-26(28)30(22)24/h10-19H,7-9,20-21H2,1-6H3. The zero-order valence-corrected chi connectivity index (χ0v) is 21.3. The van der Waals surface area contributed by atoms with Gasteiger partial charge in [0.2, 0.25) is 0 Å². The van der Waals surface area contributed by atoms with Gasteiger partial charge in [-0.25, -0.2) is 0 Å². The Labute approximate surface area is 199 Å². The quantitative estimate of drug-likeness (QED) is 0.176. The first-order valence-electron chi connectivity index (χ1n) is 13.0. The van der Waals surface area contributed by atoms with Crippen molar-refractivity contribution in [3.63, 3.8) is 0 Å². The molecule has 0 aliphatic rings. The molecule has 170 valence electrons. The monoisotopic (exact) mass is 434 g/mol. The van der Waals surface area contributed by atoms with Gasteiger partial charge in [0.25, 0.3) is 0 Å². The van der Waals surface area contributed by atoms with E-state index in [9.17, 15) is 0 Å². The molecule has 0 amide bonds. The van der Waals surface area contributed by atoms with Gasteiger partial charge in [-0.15, -0.1) is 0 Å². The summed E-state index contributed by atoms with van der Waals surface area (Å²) < 4.78 is 0. The highest BCUT2D eigenvalue weighted by Crippen LogP contribution is 2.46. The van der Waals surface area contributed by atoms with Crippen molar-refractivity contribution < 1.29 is 0 Å². The molecule has 0 heteroatoms. The zero-order chi connectivity index (χ0) is 23.4. The lowest BCUT2D eigenvalue weighted by molar-refractivity contribution is 0.417. The lowest BCUT2D eigenvalue weighted by Crippen LogP contribution is -2.21. The lowest BCUT2D eigenvalue weighted by atomic mass is 9.73. The van der Waals surface area contributed by atoms with E-state index in [-0.39, 0.29) is 10.8 Å². The summed E-state index contributed by atoms with van der Waals surface area (Å²) in [6.45, 7) is 14.2. The fraction of sp³-hybridized carbons (Fsp3) is 0.394. The van der Waals surface area contributed by atoms with Crippen LogP contribution in [0.1, 0.15) is 84.8 Å². The highest BCUT2D eigenvalue weighted by atomic mass is 14.3. The van der Waals surface area contributed by atoms with E-state index in [1.165, 1.54) is 86.3 Å². The molecule has 33 heavy (non-hydrogen) atoms. The number of fused-ring (bicyclic) bond motifs is 2. The summed E-state index contributed by atoms with van der Waals surface area (Å²) in [5.41, 5.74) is 3.39. The van der Waals surface area contributed by atoms with Gasteiger partial charge in [-0.3, -0.25) is 0 Å². The maximum absolute atomic E-state index is 2.46. The van der Waals surface area contributed by atoms with E-state index in [4.69, 9.17) is 0 Å². The minimum absolute atomic E-state index is 0.172. The second-order valence-corrected chi connectivity index (χ2v) is 11.1. The van der Waals surface area contributed by atoms with E-state index >= 15 is 0 Å². The Balaban J connectivity index is 1.93. The van der Waals surface area contributed by atoms with Crippen LogP contribution < -0.4 is 0 Å². The van der Waals surface area contributed by atoms with Crippen molar-refractivity contribution in [3.05, 3.63) is 71.8 Å². The fourth-order valence-corrected chi connectivity index (χ4v) is 6.64. The molecule has 0 aliphatic carbocycles. The first-order valence-corrected chi connectivity index (χ1v) is 13.0. The highest BCUT2D eigenvalue weighted by Gasteiger charge is 2.28. The van der Waals surface area contributed by atoms with Gasteiger partial charge in [0.05, 0.1) is 0 Å². The average molecular weight is 435 g/mol. The fourth-order valence-electron chi connectivity index (χ4n) is 6.64. The van der Waals surface area contributed by atoms with Crippen LogP contribution in [0.5, 0.6) is 0 Å². The van der Waals surface area contributed by atoms with Crippen molar-refractivity contribution in [2.45, 2.75) is 84.5 Å². The van der Waals surface area contributed by atoms with Gasteiger partial charge < -0.3 is 0 Å². The van der Waals surface area contributed by atoms with Crippen molar-refractivity contribution in [1.29, 1.82) is 0 Å². The van der Waals surface area contributed by atoms with Crippen molar-refractivity contribution in [3.8, 4) is 0 Å². The lowest BCUT2D eigenvalue weighted by Gasteiger charge is -2.31. The zero-order valence-electron chi connectivity index (χ0n) is 21.3. The highest BCUT2D eigenvalue weighted by molar-refractivity contribution is 6.33. The van der Waals surface area contributed by atoms with Crippen LogP contribution in [0.4, 0.5) is 0 Å². The van der Waals surface area contributed by atoms with Gasteiger partial charge in [-0.1, -0.05) is 115 Å². The smallest absolute Gasteiger partial charge is 0.00234 e. The summed E-state index contributed by atoms with van der Waals surface area (Å²) in [7, 11) is 0. The molecule has 0 N–H and O–H groups in total. The van der Waals surface area contributed by atoms with Crippen LogP contribution in [0.2, 0.25) is 0 Å². The summed E-state index contributed by atoms with van der Waals surface area (Å²) in [5.74, 6) is 0. The summed E-state index contributed by atoms with van der Waals surface area (Å²) in [4.78, 5) is 0. The summed E-state index contributed by atoms with van der Waals surface area (Å²) in [6, 6.07) is 23.6. The molecule has 5 aromatic carbocycles. The van der Waals surface area contributed by atoms with Crippen molar-refractivity contribution in [2.24, 2.45) is 0 Å².